The highest BCUT2D eigenvalue weighted by Gasteiger charge is 2.38. The maximum absolute atomic E-state index is 12.4. The maximum atomic E-state index is 12.4. The summed E-state index contributed by atoms with van der Waals surface area (Å²) >= 11 is 0. The van der Waals surface area contributed by atoms with Crippen LogP contribution in [0.4, 0.5) is 13.2 Å². The highest BCUT2D eigenvalue weighted by atomic mass is 19.4. The molecule has 2 fully saturated rings. The number of rotatable bonds is 5. The van der Waals surface area contributed by atoms with Gasteiger partial charge in [-0.1, -0.05) is 0 Å². The predicted molar refractivity (Wildman–Crippen MR) is 118 cm³/mol. The third kappa shape index (κ3) is 6.23. The van der Waals surface area contributed by atoms with E-state index in [1.165, 1.54) is 19.4 Å². The van der Waals surface area contributed by atoms with Crippen LogP contribution in [0.25, 0.3) is 5.65 Å². The number of amides is 1. The van der Waals surface area contributed by atoms with Gasteiger partial charge in [-0.2, -0.15) is 13.2 Å². The Morgan fingerprint density at radius 2 is 1.82 bits per heavy atom. The van der Waals surface area contributed by atoms with Crippen molar-refractivity contribution < 1.29 is 27.9 Å². The minimum absolute atomic E-state index is 0.00345. The number of piperazine rings is 1. The molecule has 0 spiro atoms. The van der Waals surface area contributed by atoms with Crippen LogP contribution in [0.2, 0.25) is 0 Å². The Morgan fingerprint density at radius 3 is 2.35 bits per heavy atom. The first-order chi connectivity index (χ1) is 15.9. The summed E-state index contributed by atoms with van der Waals surface area (Å²) in [4.78, 5) is 28.0. The van der Waals surface area contributed by atoms with Gasteiger partial charge in [0.15, 0.2) is 11.5 Å². The zero-order valence-corrected chi connectivity index (χ0v) is 19.8. The molecule has 1 N–H and O–H groups in total. The summed E-state index contributed by atoms with van der Waals surface area (Å²) in [5, 5.41) is 16.0. The lowest BCUT2D eigenvalue weighted by molar-refractivity contribution is -0.192. The molecule has 0 aromatic carbocycles. The second-order valence-corrected chi connectivity index (χ2v) is 9.26. The number of pyridine rings is 1. The smallest absolute Gasteiger partial charge is 0.475 e. The zero-order valence-electron chi connectivity index (χ0n) is 19.8. The first kappa shape index (κ1) is 25.9. The Kier molecular flexibility index (Phi) is 7.81. The van der Waals surface area contributed by atoms with Crippen molar-refractivity contribution in [2.45, 2.75) is 44.9 Å². The van der Waals surface area contributed by atoms with Crippen molar-refractivity contribution in [3.63, 3.8) is 0 Å². The van der Waals surface area contributed by atoms with E-state index in [9.17, 15) is 18.0 Å². The van der Waals surface area contributed by atoms with E-state index < -0.39 is 12.1 Å². The van der Waals surface area contributed by atoms with Gasteiger partial charge in [0, 0.05) is 52.5 Å². The lowest BCUT2D eigenvalue weighted by atomic mass is 10.1. The van der Waals surface area contributed by atoms with E-state index in [0.29, 0.717) is 11.6 Å². The number of carboxylic acids is 1. The van der Waals surface area contributed by atoms with Crippen LogP contribution < -0.4 is 0 Å². The molecule has 0 bridgehead atoms. The SMILES string of the molecule is CC(C)N1CCN(CC2CC2)CC1c1nnc2ccc(C(=O)N(C)C)cn12.O=C(O)C(F)(F)F. The molecule has 1 amide bonds. The van der Waals surface area contributed by atoms with Gasteiger partial charge >= 0.3 is 12.1 Å². The fourth-order valence-electron chi connectivity index (χ4n) is 4.05. The zero-order chi connectivity index (χ0) is 25.2. The van der Waals surface area contributed by atoms with Crippen molar-refractivity contribution in [1.82, 2.24) is 29.3 Å². The molecule has 188 valence electrons. The normalized spacial score (nSPS) is 19.7. The van der Waals surface area contributed by atoms with Crippen LogP contribution in [0.3, 0.4) is 0 Å². The Labute approximate surface area is 196 Å². The average molecular weight is 485 g/mol. The maximum Gasteiger partial charge on any atom is 0.490 e. The van der Waals surface area contributed by atoms with Gasteiger partial charge in [-0.25, -0.2) is 4.79 Å². The number of fused-ring (bicyclic) bond motifs is 1. The van der Waals surface area contributed by atoms with Crippen LogP contribution in [0, 0.1) is 5.92 Å². The third-order valence-corrected chi connectivity index (χ3v) is 6.00. The molecule has 1 atom stereocenters. The van der Waals surface area contributed by atoms with Crippen molar-refractivity contribution >= 4 is 17.5 Å². The molecule has 1 saturated carbocycles. The molecule has 34 heavy (non-hydrogen) atoms. The molecule has 9 nitrogen and oxygen atoms in total. The molecule has 4 rings (SSSR count). The quantitative estimate of drug-likeness (QED) is 0.697. The second-order valence-electron chi connectivity index (χ2n) is 9.26. The minimum atomic E-state index is -5.08. The van der Waals surface area contributed by atoms with Crippen LogP contribution in [-0.4, -0.2) is 98.8 Å². The molecule has 2 aliphatic rings. The van der Waals surface area contributed by atoms with E-state index in [4.69, 9.17) is 9.90 Å². The van der Waals surface area contributed by atoms with Gasteiger partial charge in [-0.05, 0) is 44.7 Å². The van der Waals surface area contributed by atoms with Crippen LogP contribution in [0.15, 0.2) is 18.3 Å². The van der Waals surface area contributed by atoms with Crippen molar-refractivity contribution in [2.24, 2.45) is 5.92 Å². The van der Waals surface area contributed by atoms with Gasteiger partial charge in [0.05, 0.1) is 11.6 Å². The van der Waals surface area contributed by atoms with E-state index in [2.05, 4.69) is 33.8 Å². The topological polar surface area (TPSA) is 94.3 Å². The summed E-state index contributed by atoms with van der Waals surface area (Å²) in [6.45, 7) is 8.82. The molecular weight excluding hydrogens is 453 g/mol. The Bertz CT molecular complexity index is 1020. The number of hydrogen-bond donors (Lipinski definition) is 1. The van der Waals surface area contributed by atoms with Gasteiger partial charge in [0.2, 0.25) is 0 Å². The largest absolute Gasteiger partial charge is 0.490 e. The van der Waals surface area contributed by atoms with Gasteiger partial charge in [-0.15, -0.1) is 10.2 Å². The van der Waals surface area contributed by atoms with Crippen molar-refractivity contribution in [3.05, 3.63) is 29.7 Å². The molecular formula is C22H31F3N6O3. The number of aliphatic carboxylic acids is 1. The van der Waals surface area contributed by atoms with Gasteiger partial charge in [0.1, 0.15) is 0 Å². The fourth-order valence-corrected chi connectivity index (χ4v) is 4.05. The van der Waals surface area contributed by atoms with Crippen LogP contribution >= 0.6 is 0 Å². The van der Waals surface area contributed by atoms with Crippen LogP contribution in [0.5, 0.6) is 0 Å². The average Bonchev–Trinajstić information content (AvgIpc) is 3.47. The highest BCUT2D eigenvalue weighted by molar-refractivity contribution is 5.93. The Balaban J connectivity index is 0.000000406. The third-order valence-electron chi connectivity index (χ3n) is 6.00. The number of carboxylic acid groups (broad SMARTS) is 1. The molecule has 1 unspecified atom stereocenters. The first-order valence-electron chi connectivity index (χ1n) is 11.2. The van der Waals surface area contributed by atoms with E-state index >= 15 is 0 Å². The number of hydrogen-bond acceptors (Lipinski definition) is 6. The number of carbonyl (C=O) groups is 2. The number of aromatic nitrogens is 3. The number of alkyl halides is 3. The Hall–Kier alpha value is -2.73. The molecule has 1 aliphatic heterocycles. The molecule has 3 heterocycles. The number of carbonyl (C=O) groups excluding carboxylic acids is 1. The van der Waals surface area contributed by atoms with Crippen LogP contribution in [-0.2, 0) is 4.79 Å². The molecule has 1 aliphatic carbocycles. The monoisotopic (exact) mass is 484 g/mol. The minimum Gasteiger partial charge on any atom is -0.475 e. The summed E-state index contributed by atoms with van der Waals surface area (Å²) in [7, 11) is 3.55. The summed E-state index contributed by atoms with van der Waals surface area (Å²) in [6, 6.07) is 4.35. The highest BCUT2D eigenvalue weighted by Crippen LogP contribution is 2.33. The Morgan fingerprint density at radius 1 is 1.18 bits per heavy atom. The van der Waals surface area contributed by atoms with Crippen molar-refractivity contribution in [3.8, 4) is 0 Å². The number of halogens is 3. The summed E-state index contributed by atoms with van der Waals surface area (Å²) < 4.78 is 33.7. The molecule has 2 aromatic rings. The van der Waals surface area contributed by atoms with Gasteiger partial charge < -0.3 is 10.0 Å². The molecule has 0 radical (unpaired) electrons. The summed E-state index contributed by atoms with van der Waals surface area (Å²) in [5.41, 5.74) is 1.46. The van der Waals surface area contributed by atoms with Crippen molar-refractivity contribution in [2.75, 3.05) is 40.3 Å². The predicted octanol–water partition coefficient (Wildman–Crippen LogP) is 2.54. The van der Waals surface area contributed by atoms with E-state index in [-0.39, 0.29) is 11.9 Å². The lowest BCUT2D eigenvalue weighted by Gasteiger charge is -2.42. The summed E-state index contributed by atoms with van der Waals surface area (Å²) in [6.07, 6.45) is -0.441. The van der Waals surface area contributed by atoms with E-state index in [1.54, 1.807) is 19.0 Å². The van der Waals surface area contributed by atoms with E-state index in [0.717, 1.165) is 37.0 Å². The fraction of sp³-hybridized carbons (Fsp3) is 0.636. The lowest BCUT2D eigenvalue weighted by Crippen LogP contribution is -2.51. The standard InChI is InChI=1S/C20H30N6O.C2HF3O2/c1-14(2)25-10-9-24(11-15-5-6-15)13-17(25)19-22-21-18-8-7-16(12-26(18)19)20(27)23(3)4;3-2(4,5)1(6)7/h7-8,12,14-15,17H,5-6,9-11,13H2,1-4H3;(H,6,7). The number of nitrogens with zero attached hydrogens (tertiary/aromatic N) is 6. The second kappa shape index (κ2) is 10.3. The summed E-state index contributed by atoms with van der Waals surface area (Å²) in [5.74, 6) is -0.938. The first-order valence-corrected chi connectivity index (χ1v) is 11.2. The van der Waals surface area contributed by atoms with Gasteiger partial charge in [-0.3, -0.25) is 19.0 Å². The van der Waals surface area contributed by atoms with Crippen LogP contribution in [0.1, 0.15) is 48.9 Å². The van der Waals surface area contributed by atoms with Gasteiger partial charge in [0.25, 0.3) is 5.91 Å². The molecule has 1 saturated heterocycles. The molecule has 2 aromatic heterocycles. The molecule has 12 heteroatoms. The van der Waals surface area contributed by atoms with E-state index in [1.807, 2.05) is 22.7 Å². The van der Waals surface area contributed by atoms with Crippen molar-refractivity contribution in [1.29, 1.82) is 0 Å².